The predicted molar refractivity (Wildman–Crippen MR) is 226 cm³/mol. The number of aryl methyl sites for hydroxylation is 1. The molecule has 2 bridgehead atoms. The maximum atomic E-state index is 13.4. The third-order valence-corrected chi connectivity index (χ3v) is 12.7. The van der Waals surface area contributed by atoms with Gasteiger partial charge >= 0.3 is 0 Å². The predicted octanol–water partition coefficient (Wildman–Crippen LogP) is 7.20. The van der Waals surface area contributed by atoms with Crippen LogP contribution in [0.1, 0.15) is 82.6 Å². The molecule has 2 aromatic heterocycles. The van der Waals surface area contributed by atoms with Gasteiger partial charge in [0.25, 0.3) is 5.56 Å². The minimum absolute atomic E-state index is 0.0115. The molecule has 3 heterocycles. The average Bonchev–Trinajstić information content (AvgIpc) is 3.86. The lowest BCUT2D eigenvalue weighted by molar-refractivity contribution is -0.126. The molecule has 3 saturated carbocycles. The molecule has 2 amide bonds. The van der Waals surface area contributed by atoms with Gasteiger partial charge in [-0.3, -0.25) is 23.9 Å². The van der Waals surface area contributed by atoms with Crippen molar-refractivity contribution in [2.75, 3.05) is 61.9 Å². The largest absolute Gasteiger partial charge is 0.494 e. The highest BCUT2D eigenvalue weighted by Gasteiger charge is 2.42. The molecule has 12 nitrogen and oxygen atoms in total. The van der Waals surface area contributed by atoms with Gasteiger partial charge in [0.15, 0.2) is 5.65 Å². The molecule has 57 heavy (non-hydrogen) atoms. The van der Waals surface area contributed by atoms with Crippen molar-refractivity contribution in [1.82, 2.24) is 24.8 Å². The molecule has 3 atom stereocenters. The number of carbonyl (C=O) groups is 2. The highest BCUT2D eigenvalue weighted by Crippen LogP contribution is 2.48. The molecule has 0 spiro atoms. The Morgan fingerprint density at radius 3 is 2.42 bits per heavy atom. The molecular weight excluding hydrogens is 717 g/mol. The lowest BCUT2D eigenvalue weighted by Gasteiger charge is -2.36. The summed E-state index contributed by atoms with van der Waals surface area (Å²) in [6.07, 6.45) is 15.9. The van der Waals surface area contributed by atoms with Gasteiger partial charge in [-0.1, -0.05) is 38.2 Å². The number of carbonyl (C=O) groups excluding carboxylic acids is 2. The average molecular weight is 775 g/mol. The van der Waals surface area contributed by atoms with Crippen molar-refractivity contribution < 1.29 is 14.3 Å². The van der Waals surface area contributed by atoms with E-state index in [0.717, 1.165) is 93.2 Å². The molecule has 1 saturated heterocycles. The van der Waals surface area contributed by atoms with Crippen LogP contribution in [0.4, 0.5) is 23.0 Å². The fourth-order valence-corrected chi connectivity index (χ4v) is 9.28. The first-order valence-corrected chi connectivity index (χ1v) is 21.3. The van der Waals surface area contributed by atoms with E-state index < -0.39 is 0 Å². The van der Waals surface area contributed by atoms with Crippen molar-refractivity contribution in [2.45, 2.75) is 84.0 Å². The van der Waals surface area contributed by atoms with Crippen LogP contribution in [0.15, 0.2) is 59.5 Å². The summed E-state index contributed by atoms with van der Waals surface area (Å²) >= 11 is 0. The SMILES string of the molecule is COc1cc(N2CCN(CCCCCCCCNC(=O)C3C[C@H]4CCC3C4)CC2)ccc1Nc1ncc2c(C)cc(=O)n(-c3cccc(NC(=O)C4CC4)c3)c2n1. The number of anilines is 4. The summed E-state index contributed by atoms with van der Waals surface area (Å²) < 4.78 is 7.40. The van der Waals surface area contributed by atoms with Gasteiger partial charge in [0.2, 0.25) is 17.8 Å². The number of nitrogens with zero attached hydrogens (tertiary/aromatic N) is 5. The molecule has 0 radical (unpaired) electrons. The Hall–Kier alpha value is -4.97. The molecule has 2 aromatic carbocycles. The third kappa shape index (κ3) is 9.27. The second-order valence-corrected chi connectivity index (χ2v) is 16.8. The zero-order valence-electron chi connectivity index (χ0n) is 33.6. The van der Waals surface area contributed by atoms with Crippen LogP contribution in [0.5, 0.6) is 5.75 Å². The maximum absolute atomic E-state index is 13.4. The molecule has 12 heteroatoms. The quantitative estimate of drug-likeness (QED) is 0.0953. The topological polar surface area (TPSA) is 134 Å². The Morgan fingerprint density at radius 2 is 1.67 bits per heavy atom. The number of aromatic nitrogens is 3. The highest BCUT2D eigenvalue weighted by molar-refractivity contribution is 5.94. The molecular formula is C45H58N8O4. The lowest BCUT2D eigenvalue weighted by Crippen LogP contribution is -2.46. The molecule has 4 aromatic rings. The number of rotatable bonds is 17. The number of hydrogen-bond donors (Lipinski definition) is 3. The van der Waals surface area contributed by atoms with E-state index in [-0.39, 0.29) is 17.4 Å². The number of ether oxygens (including phenoxy) is 1. The summed E-state index contributed by atoms with van der Waals surface area (Å²) in [6.45, 7) is 7.84. The first-order chi connectivity index (χ1) is 27.8. The summed E-state index contributed by atoms with van der Waals surface area (Å²) in [5, 5.41) is 10.3. The van der Waals surface area contributed by atoms with Gasteiger partial charge in [0.1, 0.15) is 5.75 Å². The number of unbranched alkanes of at least 4 members (excludes halogenated alkanes) is 5. The van der Waals surface area contributed by atoms with Crippen LogP contribution in [-0.2, 0) is 9.59 Å². The normalized spacial score (nSPS) is 20.5. The van der Waals surface area contributed by atoms with E-state index >= 15 is 0 Å². The number of benzene rings is 2. The molecule has 2 unspecified atom stereocenters. The van der Waals surface area contributed by atoms with E-state index in [9.17, 15) is 14.4 Å². The van der Waals surface area contributed by atoms with E-state index in [1.54, 1.807) is 30.0 Å². The van der Waals surface area contributed by atoms with Gasteiger partial charge in [-0.2, -0.15) is 4.98 Å². The fraction of sp³-hybridized carbons (Fsp3) is 0.533. The lowest BCUT2D eigenvalue weighted by atomic mass is 9.88. The van der Waals surface area contributed by atoms with E-state index in [4.69, 9.17) is 9.72 Å². The monoisotopic (exact) mass is 774 g/mol. The number of methoxy groups -OCH3 is 1. The van der Waals surface area contributed by atoms with E-state index in [1.165, 1.54) is 51.4 Å². The molecule has 4 aliphatic rings. The smallest absolute Gasteiger partial charge is 0.257 e. The van der Waals surface area contributed by atoms with Gasteiger partial charge < -0.3 is 25.6 Å². The molecule has 1 aliphatic heterocycles. The Bertz CT molecular complexity index is 2120. The Labute approximate surface area is 335 Å². The van der Waals surface area contributed by atoms with Crippen LogP contribution >= 0.6 is 0 Å². The Kier molecular flexibility index (Phi) is 12.1. The van der Waals surface area contributed by atoms with Crippen LogP contribution in [0, 0.1) is 30.6 Å². The molecule has 302 valence electrons. The zero-order valence-corrected chi connectivity index (χ0v) is 33.6. The summed E-state index contributed by atoms with van der Waals surface area (Å²) in [6, 6.07) is 15.1. The summed E-state index contributed by atoms with van der Waals surface area (Å²) in [5.74, 6) is 3.22. The number of piperazine rings is 1. The first-order valence-electron chi connectivity index (χ1n) is 21.3. The minimum Gasteiger partial charge on any atom is -0.494 e. The van der Waals surface area contributed by atoms with Crippen LogP contribution in [0.2, 0.25) is 0 Å². The standard InChI is InChI=1S/C45H58N8O4/c1-30-24-41(54)53(36-11-9-10-34(27-36)48-43(55)32-14-15-32)42-38(30)29-47-45(50-42)49-39-17-16-35(28-40(39)57-2)52-22-20-51(21-23-52)19-8-6-4-3-5-7-18-46-44(56)37-26-31-12-13-33(37)25-31/h9-11,16-17,24,27-29,31-33,37H,3-8,12-15,18-23,25-26H2,1-2H3,(H,46,56)(H,48,55)(H,47,49,50)/t31-,33?,37?/m0/s1. The van der Waals surface area contributed by atoms with Gasteiger partial charge in [-0.25, -0.2) is 4.98 Å². The van der Waals surface area contributed by atoms with Gasteiger partial charge in [-0.05, 0) is 106 Å². The van der Waals surface area contributed by atoms with Crippen molar-refractivity contribution in [3.8, 4) is 11.4 Å². The van der Waals surface area contributed by atoms with Crippen molar-refractivity contribution >= 4 is 45.9 Å². The number of pyridine rings is 1. The second kappa shape index (κ2) is 17.7. The van der Waals surface area contributed by atoms with Gasteiger partial charge in [0, 0.05) is 79.7 Å². The maximum Gasteiger partial charge on any atom is 0.257 e. The minimum atomic E-state index is -0.216. The number of amides is 2. The summed E-state index contributed by atoms with van der Waals surface area (Å²) in [7, 11) is 1.66. The van der Waals surface area contributed by atoms with Gasteiger partial charge in [0.05, 0.1) is 18.5 Å². The number of nitrogens with one attached hydrogen (secondary N) is 3. The Morgan fingerprint density at radius 1 is 0.860 bits per heavy atom. The molecule has 3 aliphatic carbocycles. The molecule has 4 fully saturated rings. The van der Waals surface area contributed by atoms with Crippen LogP contribution in [0.3, 0.4) is 0 Å². The van der Waals surface area contributed by atoms with Crippen molar-refractivity contribution in [1.29, 1.82) is 0 Å². The van der Waals surface area contributed by atoms with E-state index in [1.807, 2.05) is 31.2 Å². The highest BCUT2D eigenvalue weighted by atomic mass is 16.5. The third-order valence-electron chi connectivity index (χ3n) is 12.7. The Balaban J connectivity index is 0.805. The van der Waals surface area contributed by atoms with Crippen molar-refractivity contribution in [3.05, 3.63) is 70.6 Å². The second-order valence-electron chi connectivity index (χ2n) is 16.8. The van der Waals surface area contributed by atoms with E-state index in [2.05, 4.69) is 42.9 Å². The van der Waals surface area contributed by atoms with E-state index in [0.29, 0.717) is 46.5 Å². The van der Waals surface area contributed by atoms with Crippen molar-refractivity contribution in [2.24, 2.45) is 23.7 Å². The fourth-order valence-electron chi connectivity index (χ4n) is 9.28. The summed E-state index contributed by atoms with van der Waals surface area (Å²) in [4.78, 5) is 52.8. The van der Waals surface area contributed by atoms with Crippen molar-refractivity contribution in [3.63, 3.8) is 0 Å². The number of fused-ring (bicyclic) bond motifs is 3. The van der Waals surface area contributed by atoms with Crippen LogP contribution in [0.25, 0.3) is 16.7 Å². The first kappa shape index (κ1) is 38.9. The molecule has 8 rings (SSSR count). The number of hydrogen-bond acceptors (Lipinski definition) is 9. The molecule has 3 N–H and O–H groups in total. The van der Waals surface area contributed by atoms with Gasteiger partial charge in [-0.15, -0.1) is 0 Å². The van der Waals surface area contributed by atoms with Crippen LogP contribution in [-0.4, -0.2) is 77.6 Å². The van der Waals surface area contributed by atoms with Crippen LogP contribution < -0.4 is 31.1 Å². The zero-order chi connectivity index (χ0) is 39.3. The summed E-state index contributed by atoms with van der Waals surface area (Å²) in [5.41, 5.74) is 4.14.